The lowest BCUT2D eigenvalue weighted by Gasteiger charge is -2.24. The van der Waals surface area contributed by atoms with Crippen LogP contribution >= 0.6 is 23.6 Å². The van der Waals surface area contributed by atoms with E-state index in [1.807, 2.05) is 53.6 Å². The highest BCUT2D eigenvalue weighted by molar-refractivity contribution is 7.80. The molecule has 3 rings (SSSR count). The Morgan fingerprint density at radius 3 is 2.66 bits per heavy atom. The number of carbonyl (C=O) groups is 2. The number of nitrogens with one attached hydrogen (secondary N) is 1. The van der Waals surface area contributed by atoms with Crippen molar-refractivity contribution < 1.29 is 14.3 Å². The summed E-state index contributed by atoms with van der Waals surface area (Å²) in [4.78, 5) is 29.9. The van der Waals surface area contributed by atoms with Crippen LogP contribution in [-0.4, -0.2) is 53.0 Å². The van der Waals surface area contributed by atoms with Crippen molar-refractivity contribution in [2.45, 2.75) is 32.4 Å². The maximum Gasteiger partial charge on any atom is 0.252 e. The van der Waals surface area contributed by atoms with Crippen LogP contribution in [0.25, 0.3) is 0 Å². The molecule has 0 saturated carbocycles. The first kappa shape index (κ1) is 21.3. The standard InChI is InChI=1S/C21H25N3O3S2/c1-3-22-19(25)13-18-20(26)24(14-17-5-4-12-29-17)21(28)23(18)11-10-15-6-8-16(27-2)9-7-15/h4-9,12,18H,3,10-11,13-14H2,1-2H3,(H,22,25)/t18-/m1/s1. The fourth-order valence-electron chi connectivity index (χ4n) is 3.34. The first-order valence-corrected chi connectivity index (χ1v) is 10.9. The Labute approximate surface area is 180 Å². The summed E-state index contributed by atoms with van der Waals surface area (Å²) >= 11 is 7.23. The largest absolute Gasteiger partial charge is 0.497 e. The minimum Gasteiger partial charge on any atom is -0.497 e. The van der Waals surface area contributed by atoms with Crippen LogP contribution in [0.1, 0.15) is 23.8 Å². The van der Waals surface area contributed by atoms with Gasteiger partial charge in [0.1, 0.15) is 11.8 Å². The van der Waals surface area contributed by atoms with Gasteiger partial charge in [0.25, 0.3) is 5.91 Å². The van der Waals surface area contributed by atoms with Crippen LogP contribution in [0.15, 0.2) is 41.8 Å². The topological polar surface area (TPSA) is 61.9 Å². The quantitative estimate of drug-likeness (QED) is 0.619. The van der Waals surface area contributed by atoms with Gasteiger partial charge in [-0.25, -0.2) is 0 Å². The van der Waals surface area contributed by atoms with Crippen LogP contribution in [0.5, 0.6) is 5.75 Å². The van der Waals surface area contributed by atoms with Crippen molar-refractivity contribution in [1.82, 2.24) is 15.1 Å². The van der Waals surface area contributed by atoms with Gasteiger partial charge in [-0.3, -0.25) is 14.5 Å². The number of hydrogen-bond donors (Lipinski definition) is 1. The molecule has 1 aromatic heterocycles. The van der Waals surface area contributed by atoms with Crippen molar-refractivity contribution >= 4 is 40.5 Å². The highest BCUT2D eigenvalue weighted by Crippen LogP contribution is 2.25. The summed E-state index contributed by atoms with van der Waals surface area (Å²) in [6.45, 7) is 3.42. The minimum absolute atomic E-state index is 0.107. The van der Waals surface area contributed by atoms with Crippen molar-refractivity contribution in [2.24, 2.45) is 0 Å². The second kappa shape index (κ2) is 9.84. The molecule has 6 nitrogen and oxygen atoms in total. The lowest BCUT2D eigenvalue weighted by atomic mass is 10.1. The Morgan fingerprint density at radius 1 is 1.28 bits per heavy atom. The molecule has 0 unspecified atom stereocenters. The number of methoxy groups -OCH3 is 1. The fourth-order valence-corrected chi connectivity index (χ4v) is 4.40. The van der Waals surface area contributed by atoms with Crippen molar-refractivity contribution in [2.75, 3.05) is 20.2 Å². The van der Waals surface area contributed by atoms with Crippen LogP contribution in [0.4, 0.5) is 0 Å². The van der Waals surface area contributed by atoms with Gasteiger partial charge in [0.2, 0.25) is 5.91 Å². The Morgan fingerprint density at radius 2 is 2.03 bits per heavy atom. The zero-order valence-corrected chi connectivity index (χ0v) is 18.2. The normalized spacial score (nSPS) is 16.4. The Bertz CT molecular complexity index is 853. The van der Waals surface area contributed by atoms with E-state index in [-0.39, 0.29) is 18.2 Å². The predicted molar refractivity (Wildman–Crippen MR) is 118 cm³/mol. The van der Waals surface area contributed by atoms with Gasteiger partial charge in [-0.1, -0.05) is 18.2 Å². The number of ether oxygens (including phenoxy) is 1. The molecule has 1 aliphatic rings. The number of amides is 2. The molecule has 0 aliphatic carbocycles. The van der Waals surface area contributed by atoms with E-state index >= 15 is 0 Å². The number of hydrogen-bond acceptors (Lipinski definition) is 5. The summed E-state index contributed by atoms with van der Waals surface area (Å²) in [6, 6.07) is 11.2. The van der Waals surface area contributed by atoms with E-state index in [4.69, 9.17) is 17.0 Å². The summed E-state index contributed by atoms with van der Waals surface area (Å²) < 4.78 is 5.20. The van der Waals surface area contributed by atoms with E-state index in [0.717, 1.165) is 22.6 Å². The van der Waals surface area contributed by atoms with Gasteiger partial charge in [0.15, 0.2) is 5.11 Å². The minimum atomic E-state index is -0.563. The molecule has 2 heterocycles. The smallest absolute Gasteiger partial charge is 0.252 e. The highest BCUT2D eigenvalue weighted by atomic mass is 32.1. The van der Waals surface area contributed by atoms with E-state index in [0.29, 0.717) is 24.7 Å². The number of thiocarbonyl (C=S) groups is 1. The van der Waals surface area contributed by atoms with Crippen LogP contribution in [0, 0.1) is 0 Å². The molecule has 2 amide bonds. The van der Waals surface area contributed by atoms with Gasteiger partial charge in [0.05, 0.1) is 20.1 Å². The molecule has 8 heteroatoms. The predicted octanol–water partition coefficient (Wildman–Crippen LogP) is 2.82. The van der Waals surface area contributed by atoms with Crippen LogP contribution < -0.4 is 10.1 Å². The molecular formula is C21H25N3O3S2. The summed E-state index contributed by atoms with van der Waals surface area (Å²) in [5.41, 5.74) is 1.12. The summed E-state index contributed by atoms with van der Waals surface area (Å²) in [5, 5.41) is 5.25. The third-order valence-corrected chi connectivity index (χ3v) is 6.17. The van der Waals surface area contributed by atoms with Gasteiger partial charge in [0, 0.05) is 18.0 Å². The van der Waals surface area contributed by atoms with E-state index in [2.05, 4.69) is 5.32 Å². The molecule has 0 spiro atoms. The van der Waals surface area contributed by atoms with Crippen molar-refractivity contribution in [1.29, 1.82) is 0 Å². The second-order valence-corrected chi connectivity index (χ2v) is 8.15. The molecular weight excluding hydrogens is 406 g/mol. The van der Waals surface area contributed by atoms with Crippen molar-refractivity contribution in [3.05, 3.63) is 52.2 Å². The van der Waals surface area contributed by atoms with Crippen LogP contribution in [-0.2, 0) is 22.6 Å². The number of thiophene rings is 1. The molecule has 1 aromatic carbocycles. The van der Waals surface area contributed by atoms with Crippen molar-refractivity contribution in [3.63, 3.8) is 0 Å². The Balaban J connectivity index is 1.74. The zero-order valence-electron chi connectivity index (χ0n) is 16.6. The van der Waals surface area contributed by atoms with E-state index < -0.39 is 6.04 Å². The molecule has 1 atom stereocenters. The van der Waals surface area contributed by atoms with Gasteiger partial charge in [-0.15, -0.1) is 11.3 Å². The van der Waals surface area contributed by atoms with E-state index in [1.165, 1.54) is 0 Å². The van der Waals surface area contributed by atoms with Crippen molar-refractivity contribution in [3.8, 4) is 5.75 Å². The molecule has 1 N–H and O–H groups in total. The zero-order chi connectivity index (χ0) is 20.8. The average Bonchev–Trinajstić information content (AvgIpc) is 3.31. The van der Waals surface area contributed by atoms with Gasteiger partial charge in [-0.05, 0) is 54.7 Å². The molecule has 29 heavy (non-hydrogen) atoms. The lowest BCUT2D eigenvalue weighted by molar-refractivity contribution is -0.132. The van der Waals surface area contributed by atoms with Crippen LogP contribution in [0.2, 0.25) is 0 Å². The summed E-state index contributed by atoms with van der Waals surface area (Å²) in [7, 11) is 1.64. The fraction of sp³-hybridized carbons (Fsp3) is 0.381. The maximum absolute atomic E-state index is 13.1. The first-order valence-electron chi connectivity index (χ1n) is 9.57. The highest BCUT2D eigenvalue weighted by Gasteiger charge is 2.43. The first-order chi connectivity index (χ1) is 14.0. The molecule has 1 fully saturated rings. The molecule has 1 aliphatic heterocycles. The summed E-state index contributed by atoms with van der Waals surface area (Å²) in [5.74, 6) is 0.558. The molecule has 0 radical (unpaired) electrons. The molecule has 1 saturated heterocycles. The number of carbonyl (C=O) groups excluding carboxylic acids is 2. The Kier molecular flexibility index (Phi) is 7.22. The second-order valence-electron chi connectivity index (χ2n) is 6.75. The molecule has 154 valence electrons. The monoisotopic (exact) mass is 431 g/mol. The SMILES string of the molecule is CCNC(=O)C[C@@H]1C(=O)N(Cc2cccs2)C(=S)N1CCc1ccc(OC)cc1. The third kappa shape index (κ3) is 5.13. The summed E-state index contributed by atoms with van der Waals surface area (Å²) in [6.07, 6.45) is 0.826. The van der Waals surface area contributed by atoms with E-state index in [9.17, 15) is 9.59 Å². The van der Waals surface area contributed by atoms with Crippen LogP contribution in [0.3, 0.4) is 0 Å². The van der Waals surface area contributed by atoms with E-state index in [1.54, 1.807) is 23.3 Å². The number of rotatable bonds is 9. The van der Waals surface area contributed by atoms with Gasteiger partial charge < -0.3 is 15.0 Å². The number of benzene rings is 1. The van der Waals surface area contributed by atoms with Gasteiger partial charge in [-0.2, -0.15) is 0 Å². The number of nitrogens with zero attached hydrogens (tertiary/aromatic N) is 2. The third-order valence-electron chi connectivity index (χ3n) is 4.85. The maximum atomic E-state index is 13.1. The van der Waals surface area contributed by atoms with Gasteiger partial charge >= 0.3 is 0 Å². The lowest BCUT2D eigenvalue weighted by Crippen LogP contribution is -2.40. The Hall–Kier alpha value is -2.45. The molecule has 2 aromatic rings. The average molecular weight is 432 g/mol. The molecule has 0 bridgehead atoms.